The third-order valence-corrected chi connectivity index (χ3v) is 7.03. The Labute approximate surface area is 223 Å². The number of benzene rings is 1. The van der Waals surface area contributed by atoms with Gasteiger partial charge in [-0.1, -0.05) is 0 Å². The number of rotatable bonds is 8. The minimum Gasteiger partial charge on any atom is -0.496 e. The summed E-state index contributed by atoms with van der Waals surface area (Å²) in [6, 6.07) is 10.2. The van der Waals surface area contributed by atoms with Gasteiger partial charge in [-0.25, -0.2) is 4.98 Å². The molecule has 2 fully saturated rings. The van der Waals surface area contributed by atoms with Crippen LogP contribution in [0.3, 0.4) is 0 Å². The molecule has 2 aliphatic heterocycles. The van der Waals surface area contributed by atoms with Crippen LogP contribution in [0.4, 0.5) is 11.8 Å². The van der Waals surface area contributed by atoms with Crippen molar-refractivity contribution in [1.29, 1.82) is 0 Å². The van der Waals surface area contributed by atoms with Gasteiger partial charge in [0, 0.05) is 49.9 Å². The van der Waals surface area contributed by atoms with Crippen LogP contribution in [0.1, 0.15) is 26.3 Å². The molecule has 0 radical (unpaired) electrons. The monoisotopic (exact) mass is 522 g/mol. The lowest BCUT2D eigenvalue weighted by Gasteiger charge is -2.36. The first kappa shape index (κ1) is 26.6. The van der Waals surface area contributed by atoms with Crippen molar-refractivity contribution < 1.29 is 19.3 Å². The third-order valence-electron chi connectivity index (χ3n) is 7.03. The van der Waals surface area contributed by atoms with Crippen LogP contribution in [0.25, 0.3) is 22.3 Å². The Morgan fingerprint density at radius 2 is 1.82 bits per heavy atom. The van der Waals surface area contributed by atoms with Crippen molar-refractivity contribution in [2.24, 2.45) is 0 Å². The molecule has 2 aromatic heterocycles. The van der Waals surface area contributed by atoms with Gasteiger partial charge >= 0.3 is 0 Å². The van der Waals surface area contributed by atoms with E-state index in [0.717, 1.165) is 60.0 Å². The first-order chi connectivity index (χ1) is 18.4. The van der Waals surface area contributed by atoms with E-state index in [9.17, 15) is 5.11 Å². The fraction of sp³-hybridized carbons (Fsp3) is 0.536. The molecule has 2 saturated heterocycles. The summed E-state index contributed by atoms with van der Waals surface area (Å²) in [6.45, 7) is 11.1. The number of aliphatic hydroxyl groups is 1. The molecule has 38 heavy (non-hydrogen) atoms. The minimum absolute atomic E-state index is 0.0125. The molecule has 0 bridgehead atoms. The molecule has 5 rings (SSSR count). The number of aliphatic hydroxyl groups excluding tert-OH is 1. The summed E-state index contributed by atoms with van der Waals surface area (Å²) >= 11 is 0. The average Bonchev–Trinajstić information content (AvgIpc) is 2.94. The van der Waals surface area contributed by atoms with Crippen LogP contribution in [-0.2, 0) is 16.0 Å². The maximum absolute atomic E-state index is 9.40. The van der Waals surface area contributed by atoms with Crippen LogP contribution in [0.2, 0.25) is 0 Å². The number of hydrogen-bond donors (Lipinski definition) is 2. The van der Waals surface area contributed by atoms with E-state index in [0.29, 0.717) is 31.4 Å². The number of anilines is 2. The molecule has 0 amide bonds. The lowest BCUT2D eigenvalue weighted by atomic mass is 10.1. The summed E-state index contributed by atoms with van der Waals surface area (Å²) < 4.78 is 17.1. The summed E-state index contributed by atoms with van der Waals surface area (Å²) in [5.41, 5.74) is 3.48. The molecule has 2 N–H and O–H groups in total. The number of hydrogen-bond acceptors (Lipinski definition) is 10. The van der Waals surface area contributed by atoms with Crippen molar-refractivity contribution >= 4 is 22.8 Å². The zero-order valence-corrected chi connectivity index (χ0v) is 22.7. The molecule has 0 saturated carbocycles. The fourth-order valence-electron chi connectivity index (χ4n) is 5.07. The molecule has 10 nitrogen and oxygen atoms in total. The van der Waals surface area contributed by atoms with Crippen LogP contribution in [0, 0.1) is 0 Å². The van der Waals surface area contributed by atoms with E-state index in [2.05, 4.69) is 41.1 Å². The molecule has 10 heteroatoms. The number of ether oxygens (including phenoxy) is 3. The Morgan fingerprint density at radius 1 is 1.05 bits per heavy atom. The zero-order chi connectivity index (χ0) is 26.6. The van der Waals surface area contributed by atoms with Gasteiger partial charge in [0.05, 0.1) is 50.2 Å². The summed E-state index contributed by atoms with van der Waals surface area (Å²) in [6.07, 6.45) is 0.202. The molecule has 3 unspecified atom stereocenters. The van der Waals surface area contributed by atoms with Gasteiger partial charge < -0.3 is 34.4 Å². The number of fused-ring (bicyclic) bond motifs is 1. The van der Waals surface area contributed by atoms with Crippen molar-refractivity contribution in [2.75, 3.05) is 62.9 Å². The quantitative estimate of drug-likeness (QED) is 0.459. The van der Waals surface area contributed by atoms with Crippen LogP contribution in [0.5, 0.6) is 5.75 Å². The number of nitrogens with one attached hydrogen (secondary N) is 1. The van der Waals surface area contributed by atoms with Gasteiger partial charge in [-0.15, -0.1) is 0 Å². The van der Waals surface area contributed by atoms with Crippen LogP contribution >= 0.6 is 0 Å². The van der Waals surface area contributed by atoms with Gasteiger partial charge in [-0.05, 0) is 51.1 Å². The van der Waals surface area contributed by atoms with Gasteiger partial charge in [0.25, 0.3) is 0 Å². The van der Waals surface area contributed by atoms with E-state index in [1.54, 1.807) is 7.11 Å². The Kier molecular flexibility index (Phi) is 8.23. The molecule has 0 aliphatic carbocycles. The lowest BCUT2D eigenvalue weighted by Crippen LogP contribution is -2.46. The van der Waals surface area contributed by atoms with Gasteiger partial charge in [0.1, 0.15) is 11.6 Å². The number of pyridine rings is 1. The predicted molar refractivity (Wildman–Crippen MR) is 148 cm³/mol. The average molecular weight is 523 g/mol. The van der Waals surface area contributed by atoms with Crippen LogP contribution < -0.4 is 19.9 Å². The maximum atomic E-state index is 9.40. The lowest BCUT2D eigenvalue weighted by molar-refractivity contribution is -0.00570. The molecule has 1 aromatic carbocycles. The van der Waals surface area contributed by atoms with Gasteiger partial charge in [0.2, 0.25) is 5.95 Å². The Hall–Kier alpha value is -3.05. The normalized spacial score (nSPS) is 21.1. The highest BCUT2D eigenvalue weighted by molar-refractivity contribution is 5.90. The first-order valence-electron chi connectivity index (χ1n) is 13.4. The minimum atomic E-state index is -0.0125. The molecule has 2 aliphatic rings. The molecule has 0 spiro atoms. The number of methoxy groups -OCH3 is 1. The van der Waals surface area contributed by atoms with E-state index in [-0.39, 0.29) is 24.9 Å². The second-order valence-electron chi connectivity index (χ2n) is 10.2. The summed E-state index contributed by atoms with van der Waals surface area (Å²) in [5.74, 6) is 2.38. The zero-order valence-electron chi connectivity index (χ0n) is 22.7. The molecule has 3 aromatic rings. The van der Waals surface area contributed by atoms with E-state index in [1.165, 1.54) is 0 Å². The summed E-state index contributed by atoms with van der Waals surface area (Å²) in [5, 5.41) is 13.7. The van der Waals surface area contributed by atoms with E-state index >= 15 is 0 Å². The van der Waals surface area contributed by atoms with Crippen molar-refractivity contribution in [3.8, 4) is 17.0 Å². The third kappa shape index (κ3) is 5.83. The van der Waals surface area contributed by atoms with Gasteiger partial charge in [-0.2, -0.15) is 9.97 Å². The molecular weight excluding hydrogens is 484 g/mol. The Balaban J connectivity index is 1.55. The largest absolute Gasteiger partial charge is 0.496 e. The van der Waals surface area contributed by atoms with E-state index in [4.69, 9.17) is 29.2 Å². The van der Waals surface area contributed by atoms with Gasteiger partial charge in [0.15, 0.2) is 5.65 Å². The van der Waals surface area contributed by atoms with E-state index in [1.807, 2.05) is 25.1 Å². The first-order valence-corrected chi connectivity index (χ1v) is 13.4. The van der Waals surface area contributed by atoms with Crippen molar-refractivity contribution in [3.05, 3.63) is 35.9 Å². The SMILES string of the molecule is COc1ccc(-c2ccc3c(N4CCOCC4)nc(N4CC(C)OC(C)C4)nc3n2)cc1CNC(C)CO. The second kappa shape index (κ2) is 11.8. The molecule has 3 atom stereocenters. The maximum Gasteiger partial charge on any atom is 0.229 e. The second-order valence-corrected chi connectivity index (χ2v) is 10.2. The Bertz CT molecular complexity index is 1240. The number of morpholine rings is 2. The highest BCUT2D eigenvalue weighted by atomic mass is 16.5. The fourth-order valence-corrected chi connectivity index (χ4v) is 5.07. The highest BCUT2D eigenvalue weighted by Crippen LogP contribution is 2.31. The molecule has 204 valence electrons. The molecular formula is C28H38N6O4. The predicted octanol–water partition coefficient (Wildman–Crippen LogP) is 2.62. The number of aromatic nitrogens is 3. The van der Waals surface area contributed by atoms with Crippen molar-refractivity contribution in [3.63, 3.8) is 0 Å². The summed E-state index contributed by atoms with van der Waals surface area (Å²) in [4.78, 5) is 19.5. The Morgan fingerprint density at radius 3 is 2.53 bits per heavy atom. The van der Waals surface area contributed by atoms with Crippen LogP contribution in [-0.4, -0.2) is 91.4 Å². The summed E-state index contributed by atoms with van der Waals surface area (Å²) in [7, 11) is 1.67. The highest BCUT2D eigenvalue weighted by Gasteiger charge is 2.26. The van der Waals surface area contributed by atoms with Crippen molar-refractivity contribution in [2.45, 2.75) is 45.6 Å². The standard InChI is InChI=1S/C28H38N6O4/c1-18(17-35)29-14-22-13-21(5-8-25(22)36-4)24-7-6-23-26(30-24)31-28(34-15-19(2)38-20(3)16-34)32-27(23)33-9-11-37-12-10-33/h5-8,13,18-20,29,35H,9-12,14-17H2,1-4H3. The van der Waals surface area contributed by atoms with E-state index < -0.39 is 0 Å². The topological polar surface area (TPSA) is 105 Å². The number of nitrogens with zero attached hydrogens (tertiary/aromatic N) is 5. The van der Waals surface area contributed by atoms with Crippen molar-refractivity contribution in [1.82, 2.24) is 20.3 Å². The smallest absolute Gasteiger partial charge is 0.229 e. The van der Waals surface area contributed by atoms with Crippen LogP contribution in [0.15, 0.2) is 30.3 Å². The molecule has 4 heterocycles. The van der Waals surface area contributed by atoms with Gasteiger partial charge in [-0.3, -0.25) is 0 Å².